The smallest absolute Gasteiger partial charge is 0.323 e. The maximum Gasteiger partial charge on any atom is 0.323 e. The Morgan fingerprint density at radius 1 is 0.769 bits per heavy atom. The normalized spacial score (nSPS) is 10.6. The summed E-state index contributed by atoms with van der Waals surface area (Å²) in [6, 6.07) is 11.5. The monoisotopic (exact) mass is 541 g/mol. The lowest BCUT2D eigenvalue weighted by molar-refractivity contribution is -0.138. The third kappa shape index (κ3) is 7.71. The number of carboxylic acid groups (broad SMARTS) is 4. The van der Waals surface area contributed by atoms with Gasteiger partial charge in [0.15, 0.2) is 0 Å². The second kappa shape index (κ2) is 12.4. The highest BCUT2D eigenvalue weighted by atomic mass is 16.5. The Hall–Kier alpha value is -5.07. The van der Waals surface area contributed by atoms with Crippen LogP contribution in [0.4, 0.5) is 11.4 Å². The van der Waals surface area contributed by atoms with Crippen LogP contribution in [0.5, 0.6) is 11.5 Å². The molecule has 3 aromatic rings. The van der Waals surface area contributed by atoms with Gasteiger partial charge in [0.25, 0.3) is 0 Å². The van der Waals surface area contributed by atoms with Crippen LogP contribution in [0.2, 0.25) is 0 Å². The number of pyridine rings is 1. The zero-order valence-electron chi connectivity index (χ0n) is 21.2. The molecule has 3 rings (SSSR count). The molecular weight excluding hydrogens is 514 g/mol. The maximum absolute atomic E-state index is 11.4. The van der Waals surface area contributed by atoms with Crippen LogP contribution >= 0.6 is 0 Å². The molecule has 0 atom stereocenters. The number of fused-ring (bicyclic) bond motifs is 1. The molecule has 0 bridgehead atoms. The largest absolute Gasteiger partial charge is 0.497 e. The van der Waals surface area contributed by atoms with E-state index < -0.39 is 50.1 Å². The van der Waals surface area contributed by atoms with E-state index in [1.54, 1.807) is 43.3 Å². The van der Waals surface area contributed by atoms with Crippen molar-refractivity contribution in [3.63, 3.8) is 0 Å². The van der Waals surface area contributed by atoms with Gasteiger partial charge in [-0.1, -0.05) is 12.1 Å². The fourth-order valence-electron chi connectivity index (χ4n) is 3.92. The lowest BCUT2D eigenvalue weighted by atomic mass is 10.1. The van der Waals surface area contributed by atoms with Gasteiger partial charge in [-0.05, 0) is 36.8 Å². The SMILES string of the molecule is COc1cc(N(CC(=O)O)CC(=O)O)c2nc(COc3ccc(C)cc3N(CC(=O)O)CC(=O)O)ccc2c1. The highest BCUT2D eigenvalue weighted by molar-refractivity contribution is 5.95. The Balaban J connectivity index is 2.00. The Morgan fingerprint density at radius 3 is 1.87 bits per heavy atom. The Bertz CT molecular complexity index is 1380. The summed E-state index contributed by atoms with van der Waals surface area (Å²) in [6.07, 6.45) is 0. The Labute approximate surface area is 222 Å². The van der Waals surface area contributed by atoms with Crippen LogP contribution in [-0.2, 0) is 25.8 Å². The van der Waals surface area contributed by atoms with E-state index in [-0.39, 0.29) is 23.7 Å². The van der Waals surface area contributed by atoms with E-state index >= 15 is 0 Å². The minimum Gasteiger partial charge on any atom is -0.497 e. The van der Waals surface area contributed by atoms with Gasteiger partial charge in [0.2, 0.25) is 0 Å². The van der Waals surface area contributed by atoms with E-state index in [9.17, 15) is 39.6 Å². The first kappa shape index (κ1) is 28.5. The number of carbonyl (C=O) groups is 4. The number of aliphatic carboxylic acids is 4. The van der Waals surface area contributed by atoms with Crippen LogP contribution in [-0.4, -0.2) is 82.6 Å². The molecule has 39 heavy (non-hydrogen) atoms. The molecule has 0 saturated heterocycles. The van der Waals surface area contributed by atoms with E-state index in [0.717, 1.165) is 10.5 Å². The predicted octanol–water partition coefficient (Wildman–Crippen LogP) is 2.08. The van der Waals surface area contributed by atoms with Crippen molar-refractivity contribution in [1.82, 2.24) is 4.98 Å². The van der Waals surface area contributed by atoms with Crippen LogP contribution in [0, 0.1) is 6.92 Å². The van der Waals surface area contributed by atoms with Gasteiger partial charge < -0.3 is 39.7 Å². The van der Waals surface area contributed by atoms with Gasteiger partial charge in [-0.2, -0.15) is 0 Å². The molecule has 0 spiro atoms. The topological polar surface area (TPSA) is 187 Å². The molecule has 2 aromatic carbocycles. The van der Waals surface area contributed by atoms with Crippen LogP contribution in [0.15, 0.2) is 42.5 Å². The minimum absolute atomic E-state index is 0.108. The highest BCUT2D eigenvalue weighted by Crippen LogP contribution is 2.33. The number of nitrogens with zero attached hydrogens (tertiary/aromatic N) is 3. The summed E-state index contributed by atoms with van der Waals surface area (Å²) in [5.41, 5.74) is 2.00. The first-order valence-electron chi connectivity index (χ1n) is 11.5. The van der Waals surface area contributed by atoms with Crippen molar-refractivity contribution in [2.24, 2.45) is 0 Å². The number of methoxy groups -OCH3 is 1. The number of hydrogen-bond donors (Lipinski definition) is 4. The molecule has 13 nitrogen and oxygen atoms in total. The van der Waals surface area contributed by atoms with Crippen LogP contribution in [0.1, 0.15) is 11.3 Å². The summed E-state index contributed by atoms with van der Waals surface area (Å²) in [4.78, 5) is 52.5. The number of anilines is 2. The quantitative estimate of drug-likeness (QED) is 0.232. The number of hydrogen-bond acceptors (Lipinski definition) is 9. The maximum atomic E-state index is 11.4. The van der Waals surface area contributed by atoms with Crippen molar-refractivity contribution < 1.29 is 49.1 Å². The molecular formula is C26H27N3O10. The number of aromatic nitrogens is 1. The molecule has 1 heterocycles. The van der Waals surface area contributed by atoms with E-state index in [1.807, 2.05) is 0 Å². The molecule has 13 heteroatoms. The van der Waals surface area contributed by atoms with E-state index in [4.69, 9.17) is 9.47 Å². The molecule has 0 radical (unpaired) electrons. The Morgan fingerprint density at radius 2 is 1.33 bits per heavy atom. The van der Waals surface area contributed by atoms with Gasteiger partial charge in [-0.25, -0.2) is 4.98 Å². The summed E-state index contributed by atoms with van der Waals surface area (Å²) in [5.74, 6) is -4.27. The fraction of sp³-hybridized carbons (Fsp3) is 0.269. The van der Waals surface area contributed by atoms with Crippen molar-refractivity contribution in [3.05, 3.63) is 53.7 Å². The molecule has 0 aliphatic carbocycles. The van der Waals surface area contributed by atoms with Crippen LogP contribution in [0.25, 0.3) is 10.9 Å². The van der Waals surface area contributed by atoms with Crippen molar-refractivity contribution in [2.75, 3.05) is 43.1 Å². The zero-order valence-corrected chi connectivity index (χ0v) is 21.2. The molecule has 4 N–H and O–H groups in total. The fourth-order valence-corrected chi connectivity index (χ4v) is 3.92. The average Bonchev–Trinajstić information content (AvgIpc) is 2.85. The van der Waals surface area contributed by atoms with Gasteiger partial charge in [-0.15, -0.1) is 0 Å². The second-order valence-corrected chi connectivity index (χ2v) is 8.57. The first-order valence-corrected chi connectivity index (χ1v) is 11.5. The molecule has 0 unspecified atom stereocenters. The lowest BCUT2D eigenvalue weighted by Crippen LogP contribution is -2.34. The first-order chi connectivity index (χ1) is 18.5. The number of rotatable bonds is 14. The third-order valence-corrected chi connectivity index (χ3v) is 5.52. The van der Waals surface area contributed by atoms with Crippen molar-refractivity contribution in [3.8, 4) is 11.5 Å². The van der Waals surface area contributed by atoms with E-state index in [0.29, 0.717) is 22.3 Å². The predicted molar refractivity (Wildman–Crippen MR) is 139 cm³/mol. The van der Waals surface area contributed by atoms with Crippen molar-refractivity contribution in [1.29, 1.82) is 0 Å². The van der Waals surface area contributed by atoms with Gasteiger partial charge in [0.05, 0.1) is 29.7 Å². The summed E-state index contributed by atoms with van der Waals surface area (Å²) in [6.45, 7) is -0.639. The average molecular weight is 542 g/mol. The van der Waals surface area contributed by atoms with Crippen LogP contribution < -0.4 is 19.3 Å². The lowest BCUT2D eigenvalue weighted by Gasteiger charge is -2.24. The number of benzene rings is 2. The van der Waals surface area contributed by atoms with Crippen molar-refractivity contribution >= 4 is 46.2 Å². The van der Waals surface area contributed by atoms with Gasteiger partial charge in [0, 0.05) is 11.5 Å². The molecule has 206 valence electrons. The Kier molecular flexibility index (Phi) is 9.10. The van der Waals surface area contributed by atoms with Gasteiger partial charge >= 0.3 is 23.9 Å². The number of ether oxygens (including phenoxy) is 2. The summed E-state index contributed by atoms with van der Waals surface area (Å²) < 4.78 is 11.2. The summed E-state index contributed by atoms with van der Waals surface area (Å²) in [5, 5.41) is 37.8. The zero-order chi connectivity index (χ0) is 28.7. The van der Waals surface area contributed by atoms with Crippen molar-refractivity contribution in [2.45, 2.75) is 13.5 Å². The number of carboxylic acids is 4. The molecule has 0 saturated carbocycles. The van der Waals surface area contributed by atoms with Crippen LogP contribution in [0.3, 0.4) is 0 Å². The minimum atomic E-state index is -1.23. The number of aryl methyl sites for hydroxylation is 1. The van der Waals surface area contributed by atoms with E-state index in [1.165, 1.54) is 18.1 Å². The van der Waals surface area contributed by atoms with Gasteiger partial charge in [-0.3, -0.25) is 19.2 Å². The summed E-state index contributed by atoms with van der Waals surface area (Å²) >= 11 is 0. The molecule has 0 fully saturated rings. The molecule has 0 aliphatic rings. The molecule has 0 aliphatic heterocycles. The van der Waals surface area contributed by atoms with Gasteiger partial charge in [0.1, 0.15) is 44.3 Å². The highest BCUT2D eigenvalue weighted by Gasteiger charge is 2.21. The third-order valence-electron chi connectivity index (χ3n) is 5.52. The summed E-state index contributed by atoms with van der Waals surface area (Å²) in [7, 11) is 1.43. The second-order valence-electron chi connectivity index (χ2n) is 8.57. The molecule has 1 aromatic heterocycles. The van der Waals surface area contributed by atoms with E-state index in [2.05, 4.69) is 4.98 Å². The molecule has 0 amide bonds. The standard InChI is InChI=1S/C26H27N3O10/c1-15-3-6-21(19(7-15)28(10-22(30)31)11-23(32)33)39-14-17-5-4-16-8-18(38-2)9-20(26(16)27-17)29(12-24(34)35)13-25(36)37/h3-9H,10-14H2,1-2H3,(H,30,31)(H,32,33)(H,34,35)(H,36,37).